The molecule has 4 nitrogen and oxygen atoms in total. The smallest absolute Gasteiger partial charge is 0.314 e. The molecule has 1 radical (unpaired) electrons. The fourth-order valence-electron chi connectivity index (χ4n) is 3.40. The van der Waals surface area contributed by atoms with Crippen LogP contribution in [0, 0.1) is 5.41 Å². The van der Waals surface area contributed by atoms with Crippen molar-refractivity contribution in [3.8, 4) is 0 Å². The van der Waals surface area contributed by atoms with Crippen molar-refractivity contribution in [1.29, 1.82) is 0 Å². The maximum Gasteiger partial charge on any atom is 0.314 e. The average Bonchev–Trinajstić information content (AvgIpc) is 2.11. The first kappa shape index (κ1) is 15.4. The molecule has 0 unspecified atom stereocenters. The van der Waals surface area contributed by atoms with Crippen LogP contribution in [0.25, 0.3) is 0 Å². The van der Waals surface area contributed by atoms with E-state index < -0.39 is 12.0 Å². The second-order valence-electron chi connectivity index (χ2n) is 7.13. The van der Waals surface area contributed by atoms with Crippen molar-refractivity contribution in [3.63, 3.8) is 0 Å². The third-order valence-corrected chi connectivity index (χ3v) is 3.29. The summed E-state index contributed by atoms with van der Waals surface area (Å²) in [6.07, 6.45) is 0.874. The Kier molecular flexibility index (Phi) is 4.13. The van der Waals surface area contributed by atoms with Gasteiger partial charge in [-0.3, -0.25) is 4.79 Å². The van der Waals surface area contributed by atoms with Crippen molar-refractivity contribution in [2.24, 2.45) is 5.41 Å². The molecule has 0 aromatic heterocycles. The highest BCUT2D eigenvalue weighted by atomic mass is 16.5. The second kappa shape index (κ2) is 4.82. The quantitative estimate of drug-likeness (QED) is 0.788. The predicted octanol–water partition coefficient (Wildman–Crippen LogP) is 2.30. The van der Waals surface area contributed by atoms with Crippen molar-refractivity contribution in [1.82, 2.24) is 5.32 Å². The van der Waals surface area contributed by atoms with Crippen LogP contribution in [0.3, 0.4) is 0 Å². The van der Waals surface area contributed by atoms with E-state index in [4.69, 9.17) is 4.74 Å². The van der Waals surface area contributed by atoms with Crippen molar-refractivity contribution < 1.29 is 14.6 Å². The van der Waals surface area contributed by atoms with Gasteiger partial charge < -0.3 is 10.1 Å². The highest BCUT2D eigenvalue weighted by Crippen LogP contribution is 2.43. The minimum absolute atomic E-state index is 0.179. The molecule has 4 heteroatoms. The van der Waals surface area contributed by atoms with E-state index in [0.717, 1.165) is 0 Å². The molecular formula is C14H26NO3. The third kappa shape index (κ3) is 3.45. The molecule has 105 valence electrons. The number of rotatable bonds is 3. The standard InChI is InChI=1S/C14H26NO3/c1-10(2)18-11(17)14(9-16)7-12(3,4)15-13(5,6)8-14/h10,15H,7-9H2,1-6H3. The Morgan fingerprint density at radius 3 is 1.94 bits per heavy atom. The Balaban J connectivity index is 3.02. The normalized spacial score (nSPS) is 24.9. The molecule has 0 saturated carbocycles. The molecule has 0 amide bonds. The van der Waals surface area contributed by atoms with Gasteiger partial charge in [-0.05, 0) is 54.4 Å². The molecule has 1 aliphatic rings. The van der Waals surface area contributed by atoms with Gasteiger partial charge in [-0.25, -0.2) is 5.11 Å². The largest absolute Gasteiger partial charge is 0.462 e. The lowest BCUT2D eigenvalue weighted by Gasteiger charge is -2.50. The molecule has 0 aromatic carbocycles. The van der Waals surface area contributed by atoms with Crippen LogP contribution >= 0.6 is 0 Å². The molecule has 18 heavy (non-hydrogen) atoms. The number of esters is 1. The molecule has 1 rings (SSSR count). The summed E-state index contributed by atoms with van der Waals surface area (Å²) in [6, 6.07) is 0. The zero-order valence-electron chi connectivity index (χ0n) is 12.4. The first-order valence-corrected chi connectivity index (χ1v) is 6.61. The maximum atomic E-state index is 12.3. The van der Waals surface area contributed by atoms with Crippen LogP contribution in [0.1, 0.15) is 54.4 Å². The van der Waals surface area contributed by atoms with E-state index in [9.17, 15) is 9.90 Å². The van der Waals surface area contributed by atoms with Crippen LogP contribution in [-0.2, 0) is 14.6 Å². The SMILES string of the molecule is CC(C)OC(=O)C1(C[O])CC(C)(C)NC(C)(C)C1. The van der Waals surface area contributed by atoms with Gasteiger partial charge in [0, 0.05) is 11.1 Å². The fraction of sp³-hybridized carbons (Fsp3) is 0.929. The zero-order valence-corrected chi connectivity index (χ0v) is 12.4. The minimum atomic E-state index is -0.900. The fourth-order valence-corrected chi connectivity index (χ4v) is 3.40. The van der Waals surface area contributed by atoms with Crippen molar-refractivity contribution in [2.75, 3.05) is 6.61 Å². The predicted molar refractivity (Wildman–Crippen MR) is 69.7 cm³/mol. The van der Waals surface area contributed by atoms with Gasteiger partial charge in [0.25, 0.3) is 0 Å². The van der Waals surface area contributed by atoms with Gasteiger partial charge in [-0.2, -0.15) is 0 Å². The van der Waals surface area contributed by atoms with Gasteiger partial charge >= 0.3 is 5.97 Å². The minimum Gasteiger partial charge on any atom is -0.462 e. The molecule has 0 bridgehead atoms. The Morgan fingerprint density at radius 2 is 1.61 bits per heavy atom. The third-order valence-electron chi connectivity index (χ3n) is 3.29. The molecule has 1 aliphatic heterocycles. The number of ether oxygens (including phenoxy) is 1. The van der Waals surface area contributed by atoms with E-state index >= 15 is 0 Å². The van der Waals surface area contributed by atoms with E-state index in [2.05, 4.69) is 5.32 Å². The highest BCUT2D eigenvalue weighted by Gasteiger charge is 2.52. The monoisotopic (exact) mass is 256 g/mol. The Hall–Kier alpha value is -0.610. The summed E-state index contributed by atoms with van der Waals surface area (Å²) in [5.41, 5.74) is -1.37. The molecule has 0 spiro atoms. The number of carbonyl (C=O) groups is 1. The van der Waals surface area contributed by atoms with Gasteiger partial charge in [0.15, 0.2) is 0 Å². The lowest BCUT2D eigenvalue weighted by Crippen LogP contribution is -2.63. The van der Waals surface area contributed by atoms with Crippen LogP contribution < -0.4 is 5.32 Å². The second-order valence-corrected chi connectivity index (χ2v) is 7.13. The number of piperidine rings is 1. The lowest BCUT2D eigenvalue weighted by atomic mass is 9.66. The zero-order chi connectivity index (χ0) is 14.2. The molecule has 0 aliphatic carbocycles. The van der Waals surface area contributed by atoms with Gasteiger partial charge in [0.2, 0.25) is 0 Å². The summed E-state index contributed by atoms with van der Waals surface area (Å²) in [5.74, 6) is -0.338. The first-order valence-electron chi connectivity index (χ1n) is 6.61. The lowest BCUT2D eigenvalue weighted by molar-refractivity contribution is -0.171. The summed E-state index contributed by atoms with van der Waals surface area (Å²) in [7, 11) is 0. The highest BCUT2D eigenvalue weighted by molar-refractivity contribution is 5.77. The summed E-state index contributed by atoms with van der Waals surface area (Å²) < 4.78 is 5.30. The Morgan fingerprint density at radius 1 is 1.17 bits per heavy atom. The van der Waals surface area contributed by atoms with Gasteiger partial charge in [-0.15, -0.1) is 0 Å². The van der Waals surface area contributed by atoms with Crippen LogP contribution in [0.15, 0.2) is 0 Å². The van der Waals surface area contributed by atoms with Crippen LogP contribution in [0.4, 0.5) is 0 Å². The number of hydrogen-bond donors (Lipinski definition) is 1. The van der Waals surface area contributed by atoms with Gasteiger partial charge in [0.05, 0.1) is 18.1 Å². The van der Waals surface area contributed by atoms with Crippen LogP contribution in [-0.4, -0.2) is 29.8 Å². The Bertz CT molecular complexity index is 305. The molecule has 1 fully saturated rings. The van der Waals surface area contributed by atoms with Gasteiger partial charge in [0.1, 0.15) is 0 Å². The van der Waals surface area contributed by atoms with E-state index in [1.165, 1.54) is 0 Å². The topological polar surface area (TPSA) is 58.2 Å². The number of nitrogens with one attached hydrogen (secondary N) is 1. The van der Waals surface area contributed by atoms with Gasteiger partial charge in [-0.1, -0.05) is 0 Å². The summed E-state index contributed by atoms with van der Waals surface area (Å²) in [5, 5.41) is 15.2. The van der Waals surface area contributed by atoms with E-state index in [1.807, 2.05) is 41.5 Å². The van der Waals surface area contributed by atoms with E-state index in [-0.39, 0.29) is 23.2 Å². The summed E-state index contributed by atoms with van der Waals surface area (Å²) in [6.45, 7) is 11.3. The van der Waals surface area contributed by atoms with E-state index in [1.54, 1.807) is 0 Å². The molecule has 1 saturated heterocycles. The average molecular weight is 256 g/mol. The molecule has 0 atom stereocenters. The van der Waals surface area contributed by atoms with Crippen LogP contribution in [0.5, 0.6) is 0 Å². The maximum absolute atomic E-state index is 12.3. The first-order chi connectivity index (χ1) is 8.02. The molecule has 0 aromatic rings. The summed E-state index contributed by atoms with van der Waals surface area (Å²) >= 11 is 0. The van der Waals surface area contributed by atoms with Crippen LogP contribution in [0.2, 0.25) is 0 Å². The van der Waals surface area contributed by atoms with E-state index in [0.29, 0.717) is 12.8 Å². The number of hydrogen-bond acceptors (Lipinski definition) is 3. The van der Waals surface area contributed by atoms with Crippen molar-refractivity contribution in [3.05, 3.63) is 0 Å². The van der Waals surface area contributed by atoms with Crippen molar-refractivity contribution >= 4 is 5.97 Å². The van der Waals surface area contributed by atoms with Crippen molar-refractivity contribution in [2.45, 2.75) is 71.6 Å². The molecule has 1 heterocycles. The summed E-state index contributed by atoms with van der Waals surface area (Å²) in [4.78, 5) is 12.3. The number of carbonyl (C=O) groups excluding carboxylic acids is 1. The Labute approximate surface area is 110 Å². The molecular weight excluding hydrogens is 230 g/mol. The molecule has 1 N–H and O–H groups in total.